The van der Waals surface area contributed by atoms with Gasteiger partial charge >= 0.3 is 0 Å². The lowest BCUT2D eigenvalue weighted by Gasteiger charge is -2.10. The minimum atomic E-state index is 0.199. The molecular weight excluding hydrogens is 306 g/mol. The zero-order valence-electron chi connectivity index (χ0n) is 13.5. The van der Waals surface area contributed by atoms with Crippen LogP contribution in [0.4, 0.5) is 11.6 Å². The van der Waals surface area contributed by atoms with E-state index in [1.165, 1.54) is 6.20 Å². The van der Waals surface area contributed by atoms with Gasteiger partial charge in [-0.1, -0.05) is 0 Å². The molecule has 0 saturated carbocycles. The van der Waals surface area contributed by atoms with Gasteiger partial charge in [0.05, 0.1) is 5.69 Å². The minimum Gasteiger partial charge on any atom is -0.404 e. The highest BCUT2D eigenvalue weighted by atomic mass is 32.1. The van der Waals surface area contributed by atoms with Crippen molar-refractivity contribution in [3.63, 3.8) is 0 Å². The molecule has 2 rings (SSSR count). The summed E-state index contributed by atoms with van der Waals surface area (Å²) in [5.74, 6) is 0.509. The van der Waals surface area contributed by atoms with Crippen molar-refractivity contribution in [2.24, 2.45) is 10.7 Å². The summed E-state index contributed by atoms with van der Waals surface area (Å²) < 4.78 is 0. The van der Waals surface area contributed by atoms with Crippen LogP contribution in [-0.2, 0) is 0 Å². The summed E-state index contributed by atoms with van der Waals surface area (Å²) in [5, 5.41) is 3.17. The number of aryl methyl sites for hydroxylation is 1. The van der Waals surface area contributed by atoms with Crippen molar-refractivity contribution in [1.82, 2.24) is 9.97 Å². The van der Waals surface area contributed by atoms with Crippen molar-refractivity contribution in [3.8, 4) is 0 Å². The molecule has 1 heterocycles. The van der Waals surface area contributed by atoms with Crippen molar-refractivity contribution in [2.45, 2.75) is 31.7 Å². The number of thiol groups is 1. The fraction of sp³-hybridized carbons (Fsp3) is 0.235. The Morgan fingerprint density at radius 2 is 2.00 bits per heavy atom. The normalized spacial score (nSPS) is 12.1. The number of nitrogens with two attached hydrogens (primary N) is 1. The number of anilines is 2. The molecule has 0 bridgehead atoms. The Kier molecular flexibility index (Phi) is 5.76. The SMILES string of the molecule is Cc1cnc(Nc2ccc(S)cc2)nc1C(C=NC(C)C)=CN. The Morgan fingerprint density at radius 1 is 1.30 bits per heavy atom. The van der Waals surface area contributed by atoms with Crippen LogP contribution in [0.15, 0.2) is 46.6 Å². The average molecular weight is 327 g/mol. The number of benzene rings is 1. The molecule has 0 saturated heterocycles. The number of rotatable bonds is 5. The molecule has 0 amide bonds. The fourth-order valence-corrected chi connectivity index (χ4v) is 2.03. The Morgan fingerprint density at radius 3 is 2.61 bits per heavy atom. The van der Waals surface area contributed by atoms with Gasteiger partial charge in [-0.2, -0.15) is 0 Å². The van der Waals surface area contributed by atoms with E-state index in [-0.39, 0.29) is 6.04 Å². The highest BCUT2D eigenvalue weighted by Crippen LogP contribution is 2.19. The van der Waals surface area contributed by atoms with Crippen LogP contribution in [-0.4, -0.2) is 22.2 Å². The topological polar surface area (TPSA) is 76.2 Å². The van der Waals surface area contributed by atoms with Gasteiger partial charge < -0.3 is 11.1 Å². The van der Waals surface area contributed by atoms with Crippen molar-refractivity contribution < 1.29 is 0 Å². The van der Waals surface area contributed by atoms with E-state index in [2.05, 4.69) is 32.9 Å². The number of aliphatic imine (C=N–C) groups is 1. The molecule has 3 N–H and O–H groups in total. The van der Waals surface area contributed by atoms with Gasteiger partial charge in [0.15, 0.2) is 0 Å². The molecule has 1 aromatic heterocycles. The molecule has 120 valence electrons. The Labute approximate surface area is 142 Å². The van der Waals surface area contributed by atoms with Gasteiger partial charge in [-0.05, 0) is 50.6 Å². The Hall–Kier alpha value is -2.34. The summed E-state index contributed by atoms with van der Waals surface area (Å²) >= 11 is 4.27. The zero-order chi connectivity index (χ0) is 16.8. The van der Waals surface area contributed by atoms with E-state index in [0.29, 0.717) is 5.95 Å². The molecule has 0 radical (unpaired) electrons. The van der Waals surface area contributed by atoms with Crippen LogP contribution in [0.5, 0.6) is 0 Å². The van der Waals surface area contributed by atoms with E-state index in [9.17, 15) is 0 Å². The maximum absolute atomic E-state index is 5.74. The predicted molar refractivity (Wildman–Crippen MR) is 99.5 cm³/mol. The van der Waals surface area contributed by atoms with Crippen molar-refractivity contribution in [3.05, 3.63) is 47.9 Å². The van der Waals surface area contributed by atoms with Crippen molar-refractivity contribution in [2.75, 3.05) is 5.32 Å². The standard InChI is InChI=1S/C17H21N5S/c1-11(2)19-10-13(8-18)16-12(3)9-20-17(22-16)21-14-4-6-15(23)7-5-14/h4-11,23H,18H2,1-3H3,(H,20,21,22). The molecule has 6 heteroatoms. The molecule has 23 heavy (non-hydrogen) atoms. The third-order valence-electron chi connectivity index (χ3n) is 3.06. The second-order valence-electron chi connectivity index (χ2n) is 5.39. The molecule has 1 aromatic carbocycles. The molecule has 2 aromatic rings. The molecule has 0 unspecified atom stereocenters. The van der Waals surface area contributed by atoms with Gasteiger partial charge in [0.2, 0.25) is 5.95 Å². The highest BCUT2D eigenvalue weighted by molar-refractivity contribution is 7.80. The van der Waals surface area contributed by atoms with Gasteiger partial charge in [0.25, 0.3) is 0 Å². The first-order valence-electron chi connectivity index (χ1n) is 7.34. The second kappa shape index (κ2) is 7.78. The largest absolute Gasteiger partial charge is 0.404 e. The third-order valence-corrected chi connectivity index (χ3v) is 3.36. The second-order valence-corrected chi connectivity index (χ2v) is 5.91. The van der Waals surface area contributed by atoms with Crippen LogP contribution in [0.2, 0.25) is 0 Å². The van der Waals surface area contributed by atoms with Crippen LogP contribution < -0.4 is 11.1 Å². The smallest absolute Gasteiger partial charge is 0.227 e. The Bertz CT molecular complexity index is 720. The quantitative estimate of drug-likeness (QED) is 0.579. The van der Waals surface area contributed by atoms with E-state index in [0.717, 1.165) is 27.4 Å². The van der Waals surface area contributed by atoms with Crippen LogP contribution in [0.25, 0.3) is 5.57 Å². The molecule has 5 nitrogen and oxygen atoms in total. The number of hydrogen-bond donors (Lipinski definition) is 3. The van der Waals surface area contributed by atoms with Crippen LogP contribution in [0.1, 0.15) is 25.1 Å². The number of aromatic nitrogens is 2. The van der Waals surface area contributed by atoms with Gasteiger partial charge in [-0.25, -0.2) is 9.97 Å². The maximum atomic E-state index is 5.74. The molecule has 0 aliphatic heterocycles. The monoisotopic (exact) mass is 327 g/mol. The molecule has 0 aliphatic rings. The van der Waals surface area contributed by atoms with Gasteiger partial charge in [-0.15, -0.1) is 12.6 Å². The number of nitrogens with one attached hydrogen (secondary N) is 1. The van der Waals surface area contributed by atoms with E-state index >= 15 is 0 Å². The predicted octanol–water partition coefficient (Wildman–Crippen LogP) is 3.60. The van der Waals surface area contributed by atoms with Crippen LogP contribution in [0.3, 0.4) is 0 Å². The minimum absolute atomic E-state index is 0.199. The molecule has 0 fully saturated rings. The average Bonchev–Trinajstić information content (AvgIpc) is 2.52. The first-order valence-corrected chi connectivity index (χ1v) is 7.79. The molecule has 0 atom stereocenters. The van der Waals surface area contributed by atoms with Gasteiger partial charge in [0.1, 0.15) is 0 Å². The van der Waals surface area contributed by atoms with Gasteiger partial charge in [-0.3, -0.25) is 4.99 Å². The summed E-state index contributed by atoms with van der Waals surface area (Å²) in [6.45, 7) is 5.96. The lowest BCUT2D eigenvalue weighted by Crippen LogP contribution is -2.04. The Balaban J connectivity index is 2.29. The van der Waals surface area contributed by atoms with Crippen molar-refractivity contribution >= 4 is 36.1 Å². The number of hydrogen-bond acceptors (Lipinski definition) is 6. The molecule has 0 aliphatic carbocycles. The van der Waals surface area contributed by atoms with E-state index in [1.807, 2.05) is 45.0 Å². The first kappa shape index (κ1) is 17.0. The summed E-state index contributed by atoms with van der Waals surface area (Å²) in [6, 6.07) is 7.85. The molecular formula is C17H21N5S. The third kappa shape index (κ3) is 4.82. The lowest BCUT2D eigenvalue weighted by molar-refractivity contribution is 0.842. The zero-order valence-corrected chi connectivity index (χ0v) is 14.4. The molecule has 0 spiro atoms. The summed E-state index contributed by atoms with van der Waals surface area (Å²) in [4.78, 5) is 14.1. The van der Waals surface area contributed by atoms with E-state index < -0.39 is 0 Å². The number of nitrogens with zero attached hydrogens (tertiary/aromatic N) is 3. The van der Waals surface area contributed by atoms with E-state index in [1.54, 1.807) is 12.4 Å². The van der Waals surface area contributed by atoms with Crippen LogP contribution >= 0.6 is 12.6 Å². The summed E-state index contributed by atoms with van der Waals surface area (Å²) in [7, 11) is 0. The lowest BCUT2D eigenvalue weighted by atomic mass is 10.1. The van der Waals surface area contributed by atoms with Crippen molar-refractivity contribution in [1.29, 1.82) is 0 Å². The summed E-state index contributed by atoms with van der Waals surface area (Å²) in [5.41, 5.74) is 9.10. The van der Waals surface area contributed by atoms with Crippen LogP contribution in [0, 0.1) is 6.92 Å². The maximum Gasteiger partial charge on any atom is 0.227 e. The first-order chi connectivity index (χ1) is 11.0. The van der Waals surface area contributed by atoms with E-state index in [4.69, 9.17) is 5.73 Å². The summed E-state index contributed by atoms with van der Waals surface area (Å²) in [6.07, 6.45) is 5.03. The fourth-order valence-electron chi connectivity index (χ4n) is 1.88. The highest BCUT2D eigenvalue weighted by Gasteiger charge is 2.08. The van der Waals surface area contributed by atoms with Gasteiger partial charge in [0, 0.05) is 40.8 Å². The number of allylic oxidation sites excluding steroid dienone is 1.